The third kappa shape index (κ3) is 6.46. The highest BCUT2D eigenvalue weighted by Gasteiger charge is 2.07. The summed E-state index contributed by atoms with van der Waals surface area (Å²) in [5.74, 6) is 3.09. The van der Waals surface area contributed by atoms with Crippen LogP contribution in [0.4, 0.5) is 27.9 Å². The van der Waals surface area contributed by atoms with Crippen molar-refractivity contribution in [2.75, 3.05) is 43.3 Å². The first-order valence-electron chi connectivity index (χ1n) is 9.60. The van der Waals surface area contributed by atoms with Crippen LogP contribution in [0.5, 0.6) is 11.5 Å². The van der Waals surface area contributed by atoms with Gasteiger partial charge in [-0.3, -0.25) is 0 Å². The summed E-state index contributed by atoms with van der Waals surface area (Å²) in [6, 6.07) is 10.4. The molecule has 2 aromatic heterocycles. The van der Waals surface area contributed by atoms with Crippen LogP contribution < -0.4 is 30.7 Å². The standard InChI is InChI=1S/C21H25N7O3/c1-14-6-7-22-19(10-14)28-20-12-18(25-13-26-20)23-8-9-24-21(29)27-15-4-5-16(30-2)17(11-15)31-3/h4-7,10-13H,8-9H2,1-3H3,(H2,24,27,29)(H2,22,23,25,26,28). The molecule has 0 spiro atoms. The number of ether oxygens (including phenoxy) is 2. The summed E-state index contributed by atoms with van der Waals surface area (Å²) in [5.41, 5.74) is 1.70. The molecule has 10 heteroatoms. The summed E-state index contributed by atoms with van der Waals surface area (Å²) in [6.07, 6.45) is 3.19. The van der Waals surface area contributed by atoms with E-state index < -0.39 is 0 Å². The zero-order valence-corrected chi connectivity index (χ0v) is 17.6. The molecule has 31 heavy (non-hydrogen) atoms. The van der Waals surface area contributed by atoms with Gasteiger partial charge in [0.25, 0.3) is 0 Å². The van der Waals surface area contributed by atoms with Gasteiger partial charge in [-0.05, 0) is 36.8 Å². The van der Waals surface area contributed by atoms with Crippen LogP contribution in [0.25, 0.3) is 0 Å². The van der Waals surface area contributed by atoms with Crippen LogP contribution in [-0.4, -0.2) is 48.3 Å². The van der Waals surface area contributed by atoms with E-state index in [9.17, 15) is 4.79 Å². The van der Waals surface area contributed by atoms with E-state index in [-0.39, 0.29) is 6.03 Å². The Morgan fingerprint density at radius 1 is 0.903 bits per heavy atom. The molecule has 4 N–H and O–H groups in total. The number of aryl methyl sites for hydroxylation is 1. The third-order valence-corrected chi connectivity index (χ3v) is 4.20. The maximum Gasteiger partial charge on any atom is 0.319 e. The Balaban J connectivity index is 1.45. The Labute approximate surface area is 180 Å². The molecule has 0 aliphatic rings. The largest absolute Gasteiger partial charge is 0.493 e. The van der Waals surface area contributed by atoms with Crippen LogP contribution in [0.15, 0.2) is 48.9 Å². The van der Waals surface area contributed by atoms with Gasteiger partial charge in [0.05, 0.1) is 14.2 Å². The van der Waals surface area contributed by atoms with E-state index in [4.69, 9.17) is 9.47 Å². The molecule has 0 radical (unpaired) electrons. The summed E-state index contributed by atoms with van der Waals surface area (Å²) in [6.45, 7) is 2.87. The highest BCUT2D eigenvalue weighted by atomic mass is 16.5. The van der Waals surface area contributed by atoms with Crippen LogP contribution in [0.3, 0.4) is 0 Å². The summed E-state index contributed by atoms with van der Waals surface area (Å²) < 4.78 is 10.4. The monoisotopic (exact) mass is 423 g/mol. The van der Waals surface area contributed by atoms with Gasteiger partial charge in [-0.1, -0.05) is 0 Å². The van der Waals surface area contributed by atoms with Crippen LogP contribution in [0, 0.1) is 6.92 Å². The van der Waals surface area contributed by atoms with Gasteiger partial charge in [0.2, 0.25) is 0 Å². The predicted octanol–water partition coefficient (Wildman–Crippen LogP) is 3.17. The lowest BCUT2D eigenvalue weighted by molar-refractivity contribution is 0.252. The van der Waals surface area contributed by atoms with Gasteiger partial charge in [0.1, 0.15) is 23.8 Å². The Bertz CT molecular complexity index is 1030. The van der Waals surface area contributed by atoms with Crippen LogP contribution in [-0.2, 0) is 0 Å². The molecule has 3 aromatic rings. The average molecular weight is 423 g/mol. The van der Waals surface area contributed by atoms with E-state index in [1.54, 1.807) is 44.7 Å². The number of nitrogens with one attached hydrogen (secondary N) is 4. The molecular formula is C21H25N7O3. The maximum absolute atomic E-state index is 12.1. The highest BCUT2D eigenvalue weighted by Crippen LogP contribution is 2.29. The van der Waals surface area contributed by atoms with Gasteiger partial charge in [0.15, 0.2) is 11.5 Å². The number of urea groups is 1. The number of nitrogens with zero attached hydrogens (tertiary/aromatic N) is 3. The fraction of sp³-hybridized carbons (Fsp3) is 0.238. The smallest absolute Gasteiger partial charge is 0.319 e. The molecule has 162 valence electrons. The molecular weight excluding hydrogens is 398 g/mol. The average Bonchev–Trinajstić information content (AvgIpc) is 2.77. The summed E-state index contributed by atoms with van der Waals surface area (Å²) >= 11 is 0. The van der Waals surface area contributed by atoms with E-state index in [0.717, 1.165) is 5.56 Å². The third-order valence-electron chi connectivity index (χ3n) is 4.20. The minimum atomic E-state index is -0.329. The molecule has 2 amide bonds. The minimum absolute atomic E-state index is 0.329. The fourth-order valence-corrected chi connectivity index (χ4v) is 2.71. The van der Waals surface area contributed by atoms with Gasteiger partial charge < -0.3 is 30.7 Å². The molecule has 2 heterocycles. The lowest BCUT2D eigenvalue weighted by Gasteiger charge is -2.12. The molecule has 0 saturated heterocycles. The van der Waals surface area contributed by atoms with Crippen molar-refractivity contribution in [2.24, 2.45) is 0 Å². The number of methoxy groups -OCH3 is 2. The van der Waals surface area contributed by atoms with Crippen LogP contribution in [0.2, 0.25) is 0 Å². The highest BCUT2D eigenvalue weighted by molar-refractivity contribution is 5.89. The van der Waals surface area contributed by atoms with Gasteiger partial charge in [0, 0.05) is 37.1 Å². The number of pyridine rings is 1. The van der Waals surface area contributed by atoms with E-state index >= 15 is 0 Å². The topological polar surface area (TPSA) is 122 Å². The number of benzene rings is 1. The summed E-state index contributed by atoms with van der Waals surface area (Å²) in [7, 11) is 3.10. The Morgan fingerprint density at radius 2 is 1.68 bits per heavy atom. The minimum Gasteiger partial charge on any atom is -0.493 e. The molecule has 0 atom stereocenters. The van der Waals surface area contributed by atoms with Gasteiger partial charge in [-0.25, -0.2) is 19.7 Å². The molecule has 0 saturated carbocycles. The van der Waals surface area contributed by atoms with Crippen molar-refractivity contribution in [3.05, 3.63) is 54.5 Å². The first-order valence-corrected chi connectivity index (χ1v) is 9.60. The van der Waals surface area contributed by atoms with Gasteiger partial charge >= 0.3 is 6.03 Å². The first kappa shape index (κ1) is 21.6. The van der Waals surface area contributed by atoms with Crippen molar-refractivity contribution < 1.29 is 14.3 Å². The van der Waals surface area contributed by atoms with Crippen molar-refractivity contribution in [3.63, 3.8) is 0 Å². The Morgan fingerprint density at radius 3 is 2.45 bits per heavy atom. The number of carbonyl (C=O) groups is 1. The second kappa shape index (κ2) is 10.6. The van der Waals surface area contributed by atoms with E-state index in [0.29, 0.717) is 47.7 Å². The molecule has 1 aromatic carbocycles. The number of anilines is 4. The molecule has 0 fully saturated rings. The van der Waals surface area contributed by atoms with Crippen LogP contribution >= 0.6 is 0 Å². The molecule has 0 aliphatic carbocycles. The Kier molecular flexibility index (Phi) is 7.41. The lowest BCUT2D eigenvalue weighted by Crippen LogP contribution is -2.32. The van der Waals surface area contributed by atoms with E-state index in [1.807, 2.05) is 19.1 Å². The summed E-state index contributed by atoms with van der Waals surface area (Å²) in [4.78, 5) is 24.7. The number of amides is 2. The fourth-order valence-electron chi connectivity index (χ4n) is 2.71. The SMILES string of the molecule is COc1ccc(NC(=O)NCCNc2cc(Nc3cc(C)ccn3)ncn2)cc1OC. The van der Waals surface area contributed by atoms with E-state index in [1.165, 1.54) is 6.33 Å². The quantitative estimate of drug-likeness (QED) is 0.387. The molecule has 0 bridgehead atoms. The van der Waals surface area contributed by atoms with Crippen LogP contribution in [0.1, 0.15) is 5.56 Å². The Hall–Kier alpha value is -4.08. The lowest BCUT2D eigenvalue weighted by atomic mass is 10.3. The molecule has 3 rings (SSSR count). The summed E-state index contributed by atoms with van der Waals surface area (Å²) in [5, 5.41) is 11.8. The van der Waals surface area contributed by atoms with E-state index in [2.05, 4.69) is 36.2 Å². The van der Waals surface area contributed by atoms with Crippen molar-refractivity contribution >= 4 is 29.2 Å². The second-order valence-electron chi connectivity index (χ2n) is 6.51. The maximum atomic E-state index is 12.1. The molecule has 0 unspecified atom stereocenters. The predicted molar refractivity (Wildman–Crippen MR) is 119 cm³/mol. The molecule has 10 nitrogen and oxygen atoms in total. The number of carbonyl (C=O) groups excluding carboxylic acids is 1. The van der Waals surface area contributed by atoms with Crippen molar-refractivity contribution in [1.29, 1.82) is 0 Å². The molecule has 0 aliphatic heterocycles. The number of hydrogen-bond donors (Lipinski definition) is 4. The second-order valence-corrected chi connectivity index (χ2v) is 6.51. The van der Waals surface area contributed by atoms with Crippen molar-refractivity contribution in [3.8, 4) is 11.5 Å². The number of rotatable bonds is 9. The number of aromatic nitrogens is 3. The first-order chi connectivity index (χ1) is 15.1. The number of hydrogen-bond acceptors (Lipinski definition) is 8. The normalized spacial score (nSPS) is 10.2. The zero-order chi connectivity index (χ0) is 22.1. The van der Waals surface area contributed by atoms with Crippen molar-refractivity contribution in [2.45, 2.75) is 6.92 Å². The van der Waals surface area contributed by atoms with Gasteiger partial charge in [-0.15, -0.1) is 0 Å². The van der Waals surface area contributed by atoms with Crippen molar-refractivity contribution in [1.82, 2.24) is 20.3 Å². The zero-order valence-electron chi connectivity index (χ0n) is 17.6. The van der Waals surface area contributed by atoms with Gasteiger partial charge in [-0.2, -0.15) is 0 Å².